The summed E-state index contributed by atoms with van der Waals surface area (Å²) in [5, 5.41) is 0. The van der Waals surface area contributed by atoms with E-state index < -0.39 is 0 Å². The third-order valence-corrected chi connectivity index (χ3v) is 4.44. The molecule has 21 heavy (non-hydrogen) atoms. The van der Waals surface area contributed by atoms with Crippen molar-refractivity contribution in [1.82, 2.24) is 4.90 Å². The molecule has 1 aliphatic heterocycles. The molecule has 0 N–H and O–H groups in total. The SMILES string of the molecule is CCO/C1=C2\CN(Cc3ccccc3)CC2CC/C=C\C1. The second kappa shape index (κ2) is 6.95. The maximum atomic E-state index is 5.93. The van der Waals surface area contributed by atoms with E-state index in [1.165, 1.54) is 30.7 Å². The van der Waals surface area contributed by atoms with Crippen molar-refractivity contribution < 1.29 is 4.74 Å². The summed E-state index contributed by atoms with van der Waals surface area (Å²) in [6.07, 6.45) is 8.02. The zero-order valence-corrected chi connectivity index (χ0v) is 12.9. The molecule has 1 aliphatic carbocycles. The first-order valence-electron chi connectivity index (χ1n) is 8.12. The van der Waals surface area contributed by atoms with Gasteiger partial charge in [0.2, 0.25) is 0 Å². The fraction of sp³-hybridized carbons (Fsp3) is 0.474. The van der Waals surface area contributed by atoms with Gasteiger partial charge in [-0.15, -0.1) is 0 Å². The molecule has 0 radical (unpaired) electrons. The van der Waals surface area contributed by atoms with Crippen molar-refractivity contribution in [3.8, 4) is 0 Å². The van der Waals surface area contributed by atoms with Gasteiger partial charge >= 0.3 is 0 Å². The molecular formula is C19H25NO. The van der Waals surface area contributed by atoms with Crippen LogP contribution < -0.4 is 0 Å². The molecule has 3 rings (SSSR count). The van der Waals surface area contributed by atoms with Crippen molar-refractivity contribution in [3.63, 3.8) is 0 Å². The summed E-state index contributed by atoms with van der Waals surface area (Å²) in [5.41, 5.74) is 2.96. The molecule has 2 aliphatic rings. The number of nitrogens with zero attached hydrogens (tertiary/aromatic N) is 1. The van der Waals surface area contributed by atoms with Crippen LogP contribution in [0, 0.1) is 5.92 Å². The second-order valence-electron chi connectivity index (χ2n) is 5.99. The summed E-state index contributed by atoms with van der Waals surface area (Å²) in [6.45, 7) is 6.16. The van der Waals surface area contributed by atoms with E-state index in [0.717, 1.165) is 26.1 Å². The number of ether oxygens (including phenoxy) is 1. The van der Waals surface area contributed by atoms with Gasteiger partial charge in [-0.25, -0.2) is 0 Å². The van der Waals surface area contributed by atoms with Crippen LogP contribution >= 0.6 is 0 Å². The summed E-state index contributed by atoms with van der Waals surface area (Å²) < 4.78 is 5.93. The molecule has 0 bridgehead atoms. The highest BCUT2D eigenvalue weighted by atomic mass is 16.5. The van der Waals surface area contributed by atoms with Crippen molar-refractivity contribution in [2.24, 2.45) is 5.92 Å². The maximum absolute atomic E-state index is 5.93. The number of hydrogen-bond acceptors (Lipinski definition) is 2. The quantitative estimate of drug-likeness (QED) is 0.770. The Balaban J connectivity index is 1.75. The van der Waals surface area contributed by atoms with E-state index in [0.29, 0.717) is 5.92 Å². The van der Waals surface area contributed by atoms with Gasteiger partial charge in [-0.2, -0.15) is 0 Å². The Kier molecular flexibility index (Phi) is 4.76. The Hall–Kier alpha value is -1.54. The number of benzene rings is 1. The van der Waals surface area contributed by atoms with Crippen molar-refractivity contribution in [3.05, 3.63) is 59.4 Å². The highest BCUT2D eigenvalue weighted by Crippen LogP contribution is 2.33. The highest BCUT2D eigenvalue weighted by molar-refractivity contribution is 5.24. The van der Waals surface area contributed by atoms with E-state index in [9.17, 15) is 0 Å². The Morgan fingerprint density at radius 1 is 1.19 bits per heavy atom. The van der Waals surface area contributed by atoms with Gasteiger partial charge in [-0.05, 0) is 36.8 Å². The number of allylic oxidation sites excluding steroid dienone is 2. The van der Waals surface area contributed by atoms with Crippen molar-refractivity contribution in [2.75, 3.05) is 19.7 Å². The maximum Gasteiger partial charge on any atom is 0.100 e. The lowest BCUT2D eigenvalue weighted by Crippen LogP contribution is -2.20. The summed E-state index contributed by atoms with van der Waals surface area (Å²) in [4.78, 5) is 2.57. The first-order valence-corrected chi connectivity index (χ1v) is 8.12. The van der Waals surface area contributed by atoms with E-state index in [2.05, 4.69) is 54.3 Å². The van der Waals surface area contributed by atoms with Gasteiger partial charge in [0, 0.05) is 26.1 Å². The predicted octanol–water partition coefficient (Wildman–Crippen LogP) is 4.15. The van der Waals surface area contributed by atoms with Crippen molar-refractivity contribution in [1.29, 1.82) is 0 Å². The number of rotatable bonds is 4. The fourth-order valence-electron chi connectivity index (χ4n) is 3.46. The molecule has 1 atom stereocenters. The smallest absolute Gasteiger partial charge is 0.100 e. The van der Waals surface area contributed by atoms with E-state index in [4.69, 9.17) is 4.74 Å². The third-order valence-electron chi connectivity index (χ3n) is 4.44. The molecule has 1 fully saturated rings. The summed E-state index contributed by atoms with van der Waals surface area (Å²) in [5.74, 6) is 1.91. The van der Waals surface area contributed by atoms with E-state index in [-0.39, 0.29) is 0 Å². The average molecular weight is 283 g/mol. The average Bonchev–Trinajstić information content (AvgIpc) is 2.87. The molecule has 1 aromatic rings. The van der Waals surface area contributed by atoms with Crippen LogP contribution in [-0.4, -0.2) is 24.6 Å². The second-order valence-corrected chi connectivity index (χ2v) is 5.99. The molecule has 0 saturated carbocycles. The normalized spacial score (nSPS) is 27.8. The molecule has 1 heterocycles. The van der Waals surface area contributed by atoms with Gasteiger partial charge in [0.15, 0.2) is 0 Å². The van der Waals surface area contributed by atoms with Crippen LogP contribution in [0.4, 0.5) is 0 Å². The molecule has 2 nitrogen and oxygen atoms in total. The van der Waals surface area contributed by atoms with Crippen LogP contribution in [0.1, 0.15) is 31.7 Å². The summed E-state index contributed by atoms with van der Waals surface area (Å²) >= 11 is 0. The van der Waals surface area contributed by atoms with Crippen molar-refractivity contribution >= 4 is 0 Å². The molecule has 2 heteroatoms. The van der Waals surface area contributed by atoms with E-state index in [1.54, 1.807) is 5.57 Å². The van der Waals surface area contributed by atoms with Gasteiger partial charge < -0.3 is 4.74 Å². The number of hydrogen-bond donors (Lipinski definition) is 0. The zero-order valence-electron chi connectivity index (χ0n) is 12.9. The molecule has 1 aromatic carbocycles. The Bertz CT molecular complexity index is 518. The largest absolute Gasteiger partial charge is 0.498 e. The van der Waals surface area contributed by atoms with Crippen LogP contribution in [0.2, 0.25) is 0 Å². The van der Waals surface area contributed by atoms with Gasteiger partial charge in [0.05, 0.1) is 6.61 Å². The summed E-state index contributed by atoms with van der Waals surface area (Å²) in [6, 6.07) is 10.8. The standard InChI is InChI=1S/C19H25NO/c1-2-21-19-12-8-4-7-11-17-14-20(15-18(17)19)13-16-9-5-3-6-10-16/h3-6,8-10,17H,2,7,11-15H2,1H3/b8-4-,19-18+. The van der Waals surface area contributed by atoms with Gasteiger partial charge in [0.1, 0.15) is 5.76 Å². The van der Waals surface area contributed by atoms with Crippen molar-refractivity contribution in [2.45, 2.75) is 32.7 Å². The molecule has 1 unspecified atom stereocenters. The van der Waals surface area contributed by atoms with Crippen LogP contribution in [0.5, 0.6) is 0 Å². The molecule has 112 valence electrons. The Morgan fingerprint density at radius 3 is 2.86 bits per heavy atom. The lowest BCUT2D eigenvalue weighted by Gasteiger charge is -2.17. The van der Waals surface area contributed by atoms with E-state index >= 15 is 0 Å². The minimum Gasteiger partial charge on any atom is -0.498 e. The highest BCUT2D eigenvalue weighted by Gasteiger charge is 2.30. The minimum absolute atomic E-state index is 0.681. The lowest BCUT2D eigenvalue weighted by molar-refractivity contribution is 0.216. The number of fused-ring (bicyclic) bond motifs is 1. The molecular weight excluding hydrogens is 258 g/mol. The molecule has 0 amide bonds. The molecule has 0 spiro atoms. The third kappa shape index (κ3) is 3.56. The van der Waals surface area contributed by atoms with Crippen LogP contribution in [-0.2, 0) is 11.3 Å². The van der Waals surface area contributed by atoms with Crippen LogP contribution in [0.3, 0.4) is 0 Å². The first-order chi connectivity index (χ1) is 10.4. The van der Waals surface area contributed by atoms with Crippen LogP contribution in [0.25, 0.3) is 0 Å². The zero-order chi connectivity index (χ0) is 14.5. The monoisotopic (exact) mass is 283 g/mol. The Morgan fingerprint density at radius 2 is 2.05 bits per heavy atom. The predicted molar refractivity (Wildman–Crippen MR) is 86.9 cm³/mol. The summed E-state index contributed by atoms with van der Waals surface area (Å²) in [7, 11) is 0. The van der Waals surface area contributed by atoms with Gasteiger partial charge in [-0.1, -0.05) is 42.5 Å². The Labute approximate surface area is 128 Å². The van der Waals surface area contributed by atoms with Gasteiger partial charge in [-0.3, -0.25) is 4.90 Å². The molecule has 0 aromatic heterocycles. The lowest BCUT2D eigenvalue weighted by atomic mass is 9.93. The fourth-order valence-corrected chi connectivity index (χ4v) is 3.46. The molecule has 1 saturated heterocycles. The van der Waals surface area contributed by atoms with E-state index in [1.807, 2.05) is 0 Å². The number of likely N-dealkylation sites (tertiary alicyclic amines) is 1. The first kappa shape index (κ1) is 14.4. The van der Waals surface area contributed by atoms with Gasteiger partial charge in [0.25, 0.3) is 0 Å². The topological polar surface area (TPSA) is 12.5 Å². The van der Waals surface area contributed by atoms with Crippen LogP contribution in [0.15, 0.2) is 53.8 Å². The minimum atomic E-state index is 0.681.